The summed E-state index contributed by atoms with van der Waals surface area (Å²) in [6, 6.07) is 10.7. The van der Waals surface area contributed by atoms with Crippen LogP contribution >= 0.6 is 0 Å². The second-order valence-corrected chi connectivity index (χ2v) is 5.87. The summed E-state index contributed by atoms with van der Waals surface area (Å²) >= 11 is 0. The third-order valence-electron chi connectivity index (χ3n) is 4.17. The lowest BCUT2D eigenvalue weighted by Gasteiger charge is -2.10. The van der Waals surface area contributed by atoms with Gasteiger partial charge in [0.15, 0.2) is 23.3 Å². The van der Waals surface area contributed by atoms with Crippen molar-refractivity contribution in [3.63, 3.8) is 0 Å². The van der Waals surface area contributed by atoms with Crippen LogP contribution in [-0.4, -0.2) is 22.0 Å². The summed E-state index contributed by atoms with van der Waals surface area (Å²) in [4.78, 5) is 13.1. The van der Waals surface area contributed by atoms with E-state index in [1.807, 2.05) is 6.07 Å². The second-order valence-electron chi connectivity index (χ2n) is 5.87. The molecule has 0 radical (unpaired) electrons. The van der Waals surface area contributed by atoms with Crippen LogP contribution in [0.5, 0.6) is 0 Å². The summed E-state index contributed by atoms with van der Waals surface area (Å²) in [5.41, 5.74) is 2.05. The van der Waals surface area contributed by atoms with E-state index < -0.39 is 17.5 Å². The Hall–Kier alpha value is -3.48. The number of pyridine rings is 1. The molecule has 2 aromatic heterocycles. The Labute approximate surface area is 152 Å². The first-order chi connectivity index (χ1) is 13.1. The zero-order chi connectivity index (χ0) is 19.0. The Kier molecular flexibility index (Phi) is 4.19. The number of nitrogens with zero attached hydrogens (tertiary/aromatic N) is 3. The lowest BCUT2D eigenvalue weighted by molar-refractivity contribution is 0.448. The fourth-order valence-electron chi connectivity index (χ4n) is 2.85. The van der Waals surface area contributed by atoms with Gasteiger partial charge in [0, 0.05) is 30.4 Å². The molecule has 0 fully saturated rings. The SMILES string of the molecule is CNc1nc(-c2cccnc2)nc2cc(-c3cc(F)c(F)c(F)c3)ccc12. The van der Waals surface area contributed by atoms with Crippen molar-refractivity contribution in [2.75, 3.05) is 12.4 Å². The highest BCUT2D eigenvalue weighted by Crippen LogP contribution is 2.30. The summed E-state index contributed by atoms with van der Waals surface area (Å²) in [6.45, 7) is 0. The number of anilines is 1. The molecule has 0 saturated heterocycles. The fraction of sp³-hybridized carbons (Fsp3) is 0.0500. The average molecular weight is 366 g/mol. The van der Waals surface area contributed by atoms with Gasteiger partial charge in [0.25, 0.3) is 0 Å². The number of hydrogen-bond acceptors (Lipinski definition) is 4. The lowest BCUT2D eigenvalue weighted by atomic mass is 10.0. The fourth-order valence-corrected chi connectivity index (χ4v) is 2.85. The van der Waals surface area contributed by atoms with E-state index in [4.69, 9.17) is 0 Å². The van der Waals surface area contributed by atoms with Crippen LogP contribution in [0.2, 0.25) is 0 Å². The van der Waals surface area contributed by atoms with Crippen molar-refractivity contribution in [3.05, 3.63) is 72.3 Å². The maximum absolute atomic E-state index is 13.6. The van der Waals surface area contributed by atoms with Crippen molar-refractivity contribution < 1.29 is 13.2 Å². The molecule has 0 amide bonds. The largest absolute Gasteiger partial charge is 0.373 e. The molecule has 27 heavy (non-hydrogen) atoms. The van der Waals surface area contributed by atoms with Gasteiger partial charge >= 0.3 is 0 Å². The molecule has 0 aliphatic heterocycles. The first kappa shape index (κ1) is 17.0. The molecule has 4 rings (SSSR count). The summed E-state index contributed by atoms with van der Waals surface area (Å²) in [5.74, 6) is -2.88. The lowest BCUT2D eigenvalue weighted by Crippen LogP contribution is -1.99. The van der Waals surface area contributed by atoms with Crippen LogP contribution in [0.25, 0.3) is 33.4 Å². The van der Waals surface area contributed by atoms with Gasteiger partial charge < -0.3 is 5.32 Å². The van der Waals surface area contributed by atoms with Crippen molar-refractivity contribution in [2.24, 2.45) is 0 Å². The van der Waals surface area contributed by atoms with E-state index in [1.54, 1.807) is 43.7 Å². The molecular formula is C20H13F3N4. The molecule has 0 spiro atoms. The van der Waals surface area contributed by atoms with E-state index in [1.165, 1.54) is 0 Å². The van der Waals surface area contributed by atoms with E-state index in [0.717, 1.165) is 23.1 Å². The Bertz CT molecular complexity index is 1120. The van der Waals surface area contributed by atoms with E-state index in [0.29, 0.717) is 22.7 Å². The van der Waals surface area contributed by atoms with E-state index >= 15 is 0 Å². The van der Waals surface area contributed by atoms with Gasteiger partial charge in [-0.15, -0.1) is 0 Å². The van der Waals surface area contributed by atoms with Gasteiger partial charge in [-0.05, 0) is 47.5 Å². The van der Waals surface area contributed by atoms with Crippen LogP contribution in [-0.2, 0) is 0 Å². The van der Waals surface area contributed by atoms with E-state index in [-0.39, 0.29) is 5.56 Å². The predicted octanol–water partition coefficient (Wildman–Crippen LogP) is 4.82. The van der Waals surface area contributed by atoms with Gasteiger partial charge in [0.1, 0.15) is 5.82 Å². The van der Waals surface area contributed by atoms with Crippen molar-refractivity contribution >= 4 is 16.7 Å². The molecule has 2 aromatic carbocycles. The van der Waals surface area contributed by atoms with Crippen LogP contribution in [0.3, 0.4) is 0 Å². The van der Waals surface area contributed by atoms with Crippen molar-refractivity contribution in [1.82, 2.24) is 15.0 Å². The minimum absolute atomic E-state index is 0.223. The number of nitrogens with one attached hydrogen (secondary N) is 1. The molecule has 2 heterocycles. The highest BCUT2D eigenvalue weighted by molar-refractivity contribution is 5.93. The number of fused-ring (bicyclic) bond motifs is 1. The monoisotopic (exact) mass is 366 g/mol. The highest BCUT2D eigenvalue weighted by Gasteiger charge is 2.14. The van der Waals surface area contributed by atoms with Crippen molar-refractivity contribution in [2.45, 2.75) is 0 Å². The van der Waals surface area contributed by atoms with Gasteiger partial charge in [0.05, 0.1) is 5.52 Å². The smallest absolute Gasteiger partial charge is 0.194 e. The average Bonchev–Trinajstić information content (AvgIpc) is 2.71. The van der Waals surface area contributed by atoms with Gasteiger partial charge in [-0.1, -0.05) is 6.07 Å². The number of benzene rings is 2. The Morgan fingerprint density at radius 3 is 2.30 bits per heavy atom. The van der Waals surface area contributed by atoms with Crippen LogP contribution in [0.4, 0.5) is 19.0 Å². The highest BCUT2D eigenvalue weighted by atomic mass is 19.2. The summed E-state index contributed by atoms with van der Waals surface area (Å²) in [6.07, 6.45) is 3.30. The summed E-state index contributed by atoms with van der Waals surface area (Å²) < 4.78 is 40.4. The van der Waals surface area contributed by atoms with Gasteiger partial charge in [-0.2, -0.15) is 0 Å². The molecule has 0 bridgehead atoms. The number of halogens is 3. The molecule has 7 heteroatoms. The molecule has 0 saturated carbocycles. The van der Waals surface area contributed by atoms with Crippen LogP contribution in [0.1, 0.15) is 0 Å². The molecule has 0 unspecified atom stereocenters. The molecule has 0 aliphatic rings. The van der Waals surface area contributed by atoms with Crippen LogP contribution < -0.4 is 5.32 Å². The maximum atomic E-state index is 13.6. The molecule has 0 aliphatic carbocycles. The van der Waals surface area contributed by atoms with Crippen molar-refractivity contribution in [3.8, 4) is 22.5 Å². The minimum Gasteiger partial charge on any atom is -0.373 e. The van der Waals surface area contributed by atoms with E-state index in [9.17, 15) is 13.2 Å². The van der Waals surface area contributed by atoms with Gasteiger partial charge in [-0.25, -0.2) is 23.1 Å². The summed E-state index contributed by atoms with van der Waals surface area (Å²) in [5, 5.41) is 3.77. The Balaban J connectivity index is 1.91. The first-order valence-corrected chi connectivity index (χ1v) is 8.11. The Morgan fingerprint density at radius 2 is 1.63 bits per heavy atom. The van der Waals surface area contributed by atoms with Gasteiger partial charge in [-0.3, -0.25) is 4.98 Å². The zero-order valence-electron chi connectivity index (χ0n) is 14.2. The first-order valence-electron chi connectivity index (χ1n) is 8.11. The topological polar surface area (TPSA) is 50.7 Å². The molecule has 0 atom stereocenters. The van der Waals surface area contributed by atoms with Gasteiger partial charge in [0.2, 0.25) is 0 Å². The van der Waals surface area contributed by atoms with E-state index in [2.05, 4.69) is 20.3 Å². The minimum atomic E-state index is -1.49. The predicted molar refractivity (Wildman–Crippen MR) is 97.6 cm³/mol. The molecule has 4 aromatic rings. The molecular weight excluding hydrogens is 353 g/mol. The second kappa shape index (κ2) is 6.68. The number of hydrogen-bond donors (Lipinski definition) is 1. The molecule has 4 nitrogen and oxygen atoms in total. The summed E-state index contributed by atoms with van der Waals surface area (Å²) in [7, 11) is 1.74. The third-order valence-corrected chi connectivity index (χ3v) is 4.17. The maximum Gasteiger partial charge on any atom is 0.194 e. The number of rotatable bonds is 3. The normalized spacial score (nSPS) is 11.0. The molecule has 134 valence electrons. The number of aromatic nitrogens is 3. The van der Waals surface area contributed by atoms with Crippen molar-refractivity contribution in [1.29, 1.82) is 0 Å². The van der Waals surface area contributed by atoms with Crippen LogP contribution in [0.15, 0.2) is 54.9 Å². The quantitative estimate of drug-likeness (QED) is 0.528. The third kappa shape index (κ3) is 3.08. The standard InChI is InChI=1S/C20H13F3N4/c1-24-20-14-5-4-11(13-7-15(21)18(23)16(22)8-13)9-17(14)26-19(27-20)12-3-2-6-25-10-12/h2-10H,1H3,(H,24,26,27). The van der Waals surface area contributed by atoms with Crippen LogP contribution in [0, 0.1) is 17.5 Å². The zero-order valence-corrected chi connectivity index (χ0v) is 14.2. The Morgan fingerprint density at radius 1 is 0.852 bits per heavy atom. The molecule has 1 N–H and O–H groups in total.